The highest BCUT2D eigenvalue weighted by atomic mass is 16.5. The summed E-state index contributed by atoms with van der Waals surface area (Å²) in [6.45, 7) is 4.55. The summed E-state index contributed by atoms with van der Waals surface area (Å²) in [6, 6.07) is 5.28. The van der Waals surface area contributed by atoms with Crippen LogP contribution < -0.4 is 15.8 Å². The van der Waals surface area contributed by atoms with Gasteiger partial charge in [-0.2, -0.15) is 0 Å². The lowest BCUT2D eigenvalue weighted by Crippen LogP contribution is -2.35. The zero-order valence-electron chi connectivity index (χ0n) is 12.9. The number of amides is 1. The molecule has 0 unspecified atom stereocenters. The van der Waals surface area contributed by atoms with E-state index in [-0.39, 0.29) is 5.91 Å². The Hall–Kier alpha value is -1.75. The Bertz CT molecular complexity index is 486. The fourth-order valence-corrected chi connectivity index (χ4v) is 2.39. The second kappa shape index (κ2) is 7.31. The number of carbonyl (C=O) groups excluding carboxylic acids is 1. The van der Waals surface area contributed by atoms with E-state index in [0.29, 0.717) is 23.7 Å². The van der Waals surface area contributed by atoms with Gasteiger partial charge in [-0.3, -0.25) is 9.69 Å². The number of methoxy groups -OCH3 is 1. The van der Waals surface area contributed by atoms with Gasteiger partial charge in [0.15, 0.2) is 0 Å². The van der Waals surface area contributed by atoms with Crippen LogP contribution in [0.2, 0.25) is 0 Å². The molecule has 0 saturated heterocycles. The normalized spacial score (nSPS) is 14.2. The molecular weight excluding hydrogens is 266 g/mol. The molecule has 5 heteroatoms. The van der Waals surface area contributed by atoms with Gasteiger partial charge in [0, 0.05) is 12.6 Å². The molecular formula is C16H25N3O2. The van der Waals surface area contributed by atoms with Crippen LogP contribution in [0.3, 0.4) is 0 Å². The molecule has 1 amide bonds. The van der Waals surface area contributed by atoms with Gasteiger partial charge in [-0.15, -0.1) is 0 Å². The Balaban J connectivity index is 1.90. The molecule has 0 spiro atoms. The van der Waals surface area contributed by atoms with Crippen molar-refractivity contribution in [1.29, 1.82) is 0 Å². The Morgan fingerprint density at radius 3 is 2.81 bits per heavy atom. The Morgan fingerprint density at radius 1 is 1.48 bits per heavy atom. The largest absolute Gasteiger partial charge is 0.497 e. The van der Waals surface area contributed by atoms with Crippen LogP contribution in [-0.2, 0) is 4.79 Å². The Kier molecular flexibility index (Phi) is 5.44. The zero-order chi connectivity index (χ0) is 15.2. The van der Waals surface area contributed by atoms with Crippen molar-refractivity contribution in [2.75, 3.05) is 37.8 Å². The van der Waals surface area contributed by atoms with Gasteiger partial charge in [0.25, 0.3) is 0 Å². The minimum absolute atomic E-state index is 0.0130. The highest BCUT2D eigenvalue weighted by Gasteiger charge is 2.24. The maximum absolute atomic E-state index is 12.2. The van der Waals surface area contributed by atoms with Crippen molar-refractivity contribution in [3.8, 4) is 5.75 Å². The van der Waals surface area contributed by atoms with Crippen LogP contribution in [0.4, 0.5) is 11.4 Å². The molecule has 1 aromatic carbocycles. The summed E-state index contributed by atoms with van der Waals surface area (Å²) in [5.41, 5.74) is 7.08. The Morgan fingerprint density at radius 2 is 2.24 bits per heavy atom. The van der Waals surface area contributed by atoms with Crippen molar-refractivity contribution in [2.45, 2.75) is 26.2 Å². The van der Waals surface area contributed by atoms with E-state index in [1.165, 1.54) is 12.8 Å². The summed E-state index contributed by atoms with van der Waals surface area (Å²) in [7, 11) is 1.59. The number of carbonyl (C=O) groups is 1. The first-order valence-corrected chi connectivity index (χ1v) is 7.58. The van der Waals surface area contributed by atoms with Crippen LogP contribution in [0, 0.1) is 5.92 Å². The molecule has 2 rings (SSSR count). The van der Waals surface area contributed by atoms with E-state index in [1.54, 1.807) is 25.3 Å². The zero-order valence-corrected chi connectivity index (χ0v) is 12.9. The number of hydrogen-bond donors (Lipinski definition) is 2. The summed E-state index contributed by atoms with van der Waals surface area (Å²) in [6.07, 6.45) is 3.66. The van der Waals surface area contributed by atoms with Gasteiger partial charge in [-0.1, -0.05) is 6.92 Å². The van der Waals surface area contributed by atoms with Crippen LogP contribution in [-0.4, -0.2) is 37.6 Å². The van der Waals surface area contributed by atoms with Crippen LogP contribution >= 0.6 is 0 Å². The molecule has 0 aliphatic heterocycles. The summed E-state index contributed by atoms with van der Waals surface area (Å²) >= 11 is 0. The highest BCUT2D eigenvalue weighted by Crippen LogP contribution is 2.29. The third-order valence-electron chi connectivity index (χ3n) is 3.65. The molecule has 1 saturated carbocycles. The number of benzene rings is 1. The maximum Gasteiger partial charge on any atom is 0.238 e. The number of nitrogens with one attached hydrogen (secondary N) is 1. The minimum Gasteiger partial charge on any atom is -0.497 e. The molecule has 5 nitrogen and oxygen atoms in total. The molecule has 0 heterocycles. The van der Waals surface area contributed by atoms with E-state index >= 15 is 0 Å². The van der Waals surface area contributed by atoms with Gasteiger partial charge in [0.1, 0.15) is 5.75 Å². The number of hydrogen-bond acceptors (Lipinski definition) is 4. The van der Waals surface area contributed by atoms with Crippen LogP contribution in [0.25, 0.3) is 0 Å². The fourth-order valence-electron chi connectivity index (χ4n) is 2.39. The van der Waals surface area contributed by atoms with Crippen LogP contribution in [0.15, 0.2) is 18.2 Å². The topological polar surface area (TPSA) is 67.6 Å². The first-order valence-electron chi connectivity index (χ1n) is 7.58. The van der Waals surface area contributed by atoms with E-state index in [0.717, 1.165) is 25.4 Å². The summed E-state index contributed by atoms with van der Waals surface area (Å²) in [5, 5.41) is 2.88. The molecule has 21 heavy (non-hydrogen) atoms. The number of rotatable bonds is 8. The van der Waals surface area contributed by atoms with E-state index in [9.17, 15) is 4.79 Å². The van der Waals surface area contributed by atoms with E-state index in [2.05, 4.69) is 17.1 Å². The second-order valence-electron chi connectivity index (χ2n) is 5.68. The SMILES string of the molecule is CCCN(CC(=O)Nc1ccc(OC)cc1N)CC1CC1. The van der Waals surface area contributed by atoms with Gasteiger partial charge < -0.3 is 15.8 Å². The second-order valence-corrected chi connectivity index (χ2v) is 5.68. The number of nitrogen functional groups attached to an aromatic ring is 1. The first-order chi connectivity index (χ1) is 10.1. The fraction of sp³-hybridized carbons (Fsp3) is 0.562. The minimum atomic E-state index is -0.0130. The lowest BCUT2D eigenvalue weighted by atomic mass is 10.2. The van der Waals surface area contributed by atoms with Gasteiger partial charge in [-0.05, 0) is 43.9 Å². The molecule has 116 valence electrons. The molecule has 3 N–H and O–H groups in total. The molecule has 0 aromatic heterocycles. The van der Waals surface area contributed by atoms with E-state index < -0.39 is 0 Å². The molecule has 0 bridgehead atoms. The Labute approximate surface area is 126 Å². The number of nitrogens with zero attached hydrogens (tertiary/aromatic N) is 1. The van der Waals surface area contributed by atoms with Crippen molar-refractivity contribution < 1.29 is 9.53 Å². The molecule has 0 radical (unpaired) electrons. The van der Waals surface area contributed by atoms with Crippen molar-refractivity contribution >= 4 is 17.3 Å². The third-order valence-corrected chi connectivity index (χ3v) is 3.65. The van der Waals surface area contributed by atoms with Gasteiger partial charge in [-0.25, -0.2) is 0 Å². The van der Waals surface area contributed by atoms with E-state index in [4.69, 9.17) is 10.5 Å². The number of anilines is 2. The predicted octanol–water partition coefficient (Wildman–Crippen LogP) is 2.34. The van der Waals surface area contributed by atoms with Crippen molar-refractivity contribution in [3.05, 3.63) is 18.2 Å². The van der Waals surface area contributed by atoms with Crippen molar-refractivity contribution in [1.82, 2.24) is 4.90 Å². The maximum atomic E-state index is 12.2. The summed E-state index contributed by atoms with van der Waals surface area (Å²) in [4.78, 5) is 14.4. The number of nitrogens with two attached hydrogens (primary N) is 1. The van der Waals surface area contributed by atoms with Gasteiger partial charge >= 0.3 is 0 Å². The standard InChI is InChI=1S/C16H25N3O2/c1-3-8-19(10-12-4-5-12)11-16(20)18-15-7-6-13(21-2)9-14(15)17/h6-7,9,12H,3-5,8,10-11,17H2,1-2H3,(H,18,20). The molecule has 1 aliphatic carbocycles. The van der Waals surface area contributed by atoms with Crippen molar-refractivity contribution in [2.24, 2.45) is 5.92 Å². The quantitative estimate of drug-likeness (QED) is 0.721. The smallest absolute Gasteiger partial charge is 0.238 e. The van der Waals surface area contributed by atoms with Crippen LogP contribution in [0.1, 0.15) is 26.2 Å². The van der Waals surface area contributed by atoms with Crippen molar-refractivity contribution in [3.63, 3.8) is 0 Å². The molecule has 1 fully saturated rings. The third kappa shape index (κ3) is 4.93. The summed E-state index contributed by atoms with van der Waals surface area (Å²) < 4.78 is 5.10. The van der Waals surface area contributed by atoms with Gasteiger partial charge in [0.05, 0.1) is 25.0 Å². The average molecular weight is 291 g/mol. The lowest BCUT2D eigenvalue weighted by molar-refractivity contribution is -0.117. The number of ether oxygens (including phenoxy) is 1. The van der Waals surface area contributed by atoms with Crippen LogP contribution in [0.5, 0.6) is 5.75 Å². The first kappa shape index (κ1) is 15.6. The average Bonchev–Trinajstić information content (AvgIpc) is 3.25. The monoisotopic (exact) mass is 291 g/mol. The summed E-state index contributed by atoms with van der Waals surface area (Å²) in [5.74, 6) is 1.46. The molecule has 1 aromatic rings. The predicted molar refractivity (Wildman–Crippen MR) is 85.5 cm³/mol. The lowest BCUT2D eigenvalue weighted by Gasteiger charge is -2.21. The molecule has 0 atom stereocenters. The van der Waals surface area contributed by atoms with Gasteiger partial charge in [0.2, 0.25) is 5.91 Å². The molecule has 1 aliphatic rings. The highest BCUT2D eigenvalue weighted by molar-refractivity contribution is 5.95. The van der Waals surface area contributed by atoms with E-state index in [1.807, 2.05) is 0 Å².